The molecule has 2 atom stereocenters. The average Bonchev–Trinajstić information content (AvgIpc) is 2.78. The molecule has 0 N–H and O–H groups in total. The van der Waals surface area contributed by atoms with Gasteiger partial charge in [0, 0.05) is 23.6 Å². The quantitative estimate of drug-likeness (QED) is 0.271. The third-order valence-electron chi connectivity index (χ3n) is 5.16. The Hall–Kier alpha value is -2.76. The summed E-state index contributed by atoms with van der Waals surface area (Å²) in [5.41, 5.74) is 0. The van der Waals surface area contributed by atoms with Crippen molar-refractivity contribution in [3.63, 3.8) is 0 Å². The molecular weight excluding hydrogens is 408 g/mol. The molecule has 176 valence electrons. The van der Waals surface area contributed by atoms with E-state index in [1.54, 1.807) is 0 Å². The summed E-state index contributed by atoms with van der Waals surface area (Å²) in [5, 5.41) is 1.26. The summed E-state index contributed by atoms with van der Waals surface area (Å²) in [6, 6.07) is 7.35. The van der Waals surface area contributed by atoms with Crippen LogP contribution < -0.4 is 18.9 Å². The minimum absolute atomic E-state index is 0.168. The van der Waals surface area contributed by atoms with Crippen LogP contribution in [0.3, 0.4) is 0 Å². The maximum atomic E-state index is 12.5. The summed E-state index contributed by atoms with van der Waals surface area (Å²) in [7, 11) is 0. The molecule has 0 heterocycles. The minimum Gasteiger partial charge on any atom is -0.483 e. The summed E-state index contributed by atoms with van der Waals surface area (Å²) in [5.74, 6) is 0.485. The van der Waals surface area contributed by atoms with Gasteiger partial charge in [0.1, 0.15) is 0 Å². The van der Waals surface area contributed by atoms with Gasteiger partial charge in [-0.05, 0) is 39.5 Å². The van der Waals surface area contributed by atoms with Crippen LogP contribution in [0.5, 0.6) is 23.0 Å². The number of hydrogen-bond acceptors (Lipinski definition) is 6. The van der Waals surface area contributed by atoms with E-state index in [4.69, 9.17) is 18.9 Å². The van der Waals surface area contributed by atoms with Gasteiger partial charge in [0.2, 0.25) is 11.5 Å². The fourth-order valence-electron chi connectivity index (χ4n) is 3.05. The number of benzene rings is 2. The van der Waals surface area contributed by atoms with Crippen molar-refractivity contribution in [2.45, 2.75) is 92.3 Å². The Labute approximate surface area is 191 Å². The van der Waals surface area contributed by atoms with Gasteiger partial charge in [-0.3, -0.25) is 9.59 Å². The molecule has 0 aliphatic heterocycles. The number of esters is 2. The smallest absolute Gasteiger partial charge is 0.311 e. The molecule has 2 rings (SSSR count). The van der Waals surface area contributed by atoms with E-state index in [1.807, 2.05) is 65.8 Å². The molecule has 0 bridgehead atoms. The first kappa shape index (κ1) is 25.5. The third-order valence-corrected chi connectivity index (χ3v) is 5.16. The van der Waals surface area contributed by atoms with Crippen molar-refractivity contribution in [1.82, 2.24) is 0 Å². The Morgan fingerprint density at radius 2 is 1.06 bits per heavy atom. The van der Waals surface area contributed by atoms with Gasteiger partial charge in [0.15, 0.2) is 11.5 Å². The molecule has 0 saturated heterocycles. The van der Waals surface area contributed by atoms with Gasteiger partial charge in [-0.15, -0.1) is 0 Å². The van der Waals surface area contributed by atoms with Crippen molar-refractivity contribution < 1.29 is 28.5 Å². The molecule has 32 heavy (non-hydrogen) atoms. The highest BCUT2D eigenvalue weighted by molar-refractivity contribution is 6.01. The zero-order valence-electron chi connectivity index (χ0n) is 20.2. The van der Waals surface area contributed by atoms with Crippen LogP contribution in [-0.4, -0.2) is 24.1 Å². The Bertz CT molecular complexity index is 846. The van der Waals surface area contributed by atoms with E-state index in [0.29, 0.717) is 46.6 Å². The maximum Gasteiger partial charge on any atom is 0.311 e. The maximum absolute atomic E-state index is 12.5. The number of ether oxygens (including phenoxy) is 4. The number of carbonyl (C=O) groups excluding carboxylic acids is 2. The van der Waals surface area contributed by atoms with Crippen LogP contribution in [0.2, 0.25) is 0 Å². The van der Waals surface area contributed by atoms with Crippen molar-refractivity contribution in [3.05, 3.63) is 24.3 Å². The molecule has 0 spiro atoms. The number of fused-ring (bicyclic) bond motifs is 1. The molecule has 2 aromatic carbocycles. The first-order valence-corrected chi connectivity index (χ1v) is 11.7. The molecule has 0 aliphatic carbocycles. The van der Waals surface area contributed by atoms with Gasteiger partial charge >= 0.3 is 11.9 Å². The SMILES string of the molecule is CCCC(=O)Oc1c(OC(C)CC)c(OC(C)CC)c(OC(=O)CCC)c2ccccc12. The van der Waals surface area contributed by atoms with Crippen LogP contribution in [0.15, 0.2) is 24.3 Å². The molecule has 6 heteroatoms. The average molecular weight is 445 g/mol. The van der Waals surface area contributed by atoms with Crippen molar-refractivity contribution in [3.8, 4) is 23.0 Å². The zero-order chi connectivity index (χ0) is 23.7. The lowest BCUT2D eigenvalue weighted by Gasteiger charge is -2.25. The lowest BCUT2D eigenvalue weighted by atomic mass is 10.1. The monoisotopic (exact) mass is 444 g/mol. The highest BCUT2D eigenvalue weighted by Crippen LogP contribution is 2.52. The highest BCUT2D eigenvalue weighted by Gasteiger charge is 2.29. The van der Waals surface area contributed by atoms with Gasteiger partial charge in [0.05, 0.1) is 12.2 Å². The predicted molar refractivity (Wildman–Crippen MR) is 126 cm³/mol. The van der Waals surface area contributed by atoms with Crippen molar-refractivity contribution in [2.75, 3.05) is 0 Å². The first-order chi connectivity index (χ1) is 15.4. The molecule has 0 aromatic heterocycles. The molecule has 6 nitrogen and oxygen atoms in total. The molecule has 0 fully saturated rings. The van der Waals surface area contributed by atoms with E-state index in [9.17, 15) is 9.59 Å². The Morgan fingerprint density at radius 3 is 1.38 bits per heavy atom. The van der Waals surface area contributed by atoms with E-state index >= 15 is 0 Å². The van der Waals surface area contributed by atoms with Crippen molar-refractivity contribution in [2.24, 2.45) is 0 Å². The summed E-state index contributed by atoms with van der Waals surface area (Å²) >= 11 is 0. The molecule has 2 aromatic rings. The highest BCUT2D eigenvalue weighted by atomic mass is 16.6. The molecular formula is C26H36O6. The fourth-order valence-corrected chi connectivity index (χ4v) is 3.05. The van der Waals surface area contributed by atoms with Crippen LogP contribution in [-0.2, 0) is 9.59 Å². The van der Waals surface area contributed by atoms with E-state index in [1.165, 1.54) is 0 Å². The predicted octanol–water partition coefficient (Wildman–Crippen LogP) is 6.61. The Balaban J connectivity index is 2.84. The van der Waals surface area contributed by atoms with Crippen molar-refractivity contribution >= 4 is 22.7 Å². The topological polar surface area (TPSA) is 71.1 Å². The van der Waals surface area contributed by atoms with Gasteiger partial charge in [-0.2, -0.15) is 0 Å². The van der Waals surface area contributed by atoms with Crippen LogP contribution in [0.4, 0.5) is 0 Å². The second kappa shape index (κ2) is 12.3. The Morgan fingerprint density at radius 1 is 0.688 bits per heavy atom. The third kappa shape index (κ3) is 6.38. The van der Waals surface area contributed by atoms with E-state index in [-0.39, 0.29) is 37.0 Å². The number of carbonyl (C=O) groups is 2. The molecule has 0 aliphatic rings. The normalized spacial score (nSPS) is 12.8. The van der Waals surface area contributed by atoms with Crippen molar-refractivity contribution in [1.29, 1.82) is 0 Å². The van der Waals surface area contributed by atoms with Gasteiger partial charge in [-0.1, -0.05) is 52.0 Å². The minimum atomic E-state index is -0.350. The fraction of sp³-hybridized carbons (Fsp3) is 0.538. The first-order valence-electron chi connectivity index (χ1n) is 11.7. The lowest BCUT2D eigenvalue weighted by Crippen LogP contribution is -2.18. The summed E-state index contributed by atoms with van der Waals surface area (Å²) in [4.78, 5) is 25.0. The van der Waals surface area contributed by atoms with E-state index < -0.39 is 0 Å². The molecule has 0 amide bonds. The standard InChI is InChI=1S/C26H36O6/c1-7-13-21(27)31-23-19-15-11-12-16-20(19)24(32-22(28)14-8-2)26(30-18(6)10-4)25(23)29-17(5)9-3/h11-12,15-18H,7-10,13-14H2,1-6H3. The summed E-state index contributed by atoms with van der Waals surface area (Å²) < 4.78 is 24.1. The van der Waals surface area contributed by atoms with Crippen LogP contribution >= 0.6 is 0 Å². The number of rotatable bonds is 12. The van der Waals surface area contributed by atoms with Gasteiger partial charge in [0.25, 0.3) is 0 Å². The van der Waals surface area contributed by atoms with Gasteiger partial charge < -0.3 is 18.9 Å². The van der Waals surface area contributed by atoms with E-state index in [0.717, 1.165) is 12.8 Å². The van der Waals surface area contributed by atoms with E-state index in [2.05, 4.69) is 0 Å². The zero-order valence-corrected chi connectivity index (χ0v) is 20.2. The molecule has 0 saturated carbocycles. The summed E-state index contributed by atoms with van der Waals surface area (Å²) in [6.07, 6.45) is 3.04. The second-order valence-electron chi connectivity index (χ2n) is 7.98. The van der Waals surface area contributed by atoms with Crippen LogP contribution in [0, 0.1) is 0 Å². The van der Waals surface area contributed by atoms with Crippen LogP contribution in [0.1, 0.15) is 80.1 Å². The largest absolute Gasteiger partial charge is 0.483 e. The number of hydrogen-bond donors (Lipinski definition) is 0. The van der Waals surface area contributed by atoms with Crippen LogP contribution in [0.25, 0.3) is 10.8 Å². The van der Waals surface area contributed by atoms with Gasteiger partial charge in [-0.25, -0.2) is 0 Å². The lowest BCUT2D eigenvalue weighted by molar-refractivity contribution is -0.135. The second-order valence-corrected chi connectivity index (χ2v) is 7.98. The molecule has 0 radical (unpaired) electrons. The summed E-state index contributed by atoms with van der Waals surface area (Å²) in [6.45, 7) is 11.7. The Kier molecular flexibility index (Phi) is 9.82. The molecule has 2 unspecified atom stereocenters.